The number of carbonyl (C=O) groups excluding carboxylic acids is 1. The summed E-state index contributed by atoms with van der Waals surface area (Å²) in [5.74, 6) is -1.08. The molecule has 0 atom stereocenters. The molecule has 3 aromatic rings. The SMILES string of the molecule is CN1CCN(c2cccc(-c3c(C(=O)NCC[18F])noc3-c3cc(Cl)c(O)cc3O)c2)CC1. The Balaban J connectivity index is 1.82. The van der Waals surface area contributed by atoms with Gasteiger partial charge in [0.2, 0.25) is 0 Å². The van der Waals surface area contributed by atoms with Crippen molar-refractivity contribution in [3.05, 3.63) is 47.1 Å². The van der Waals surface area contributed by atoms with Gasteiger partial charge in [-0.3, -0.25) is 4.79 Å². The number of rotatable bonds is 6. The van der Waals surface area contributed by atoms with Gasteiger partial charge in [-0.05, 0) is 30.8 Å². The lowest BCUT2D eigenvalue weighted by atomic mass is 9.97. The zero-order valence-electron chi connectivity index (χ0n) is 18.0. The summed E-state index contributed by atoms with van der Waals surface area (Å²) in [6, 6.07) is 10.0. The number of carbonyl (C=O) groups is 1. The highest BCUT2D eigenvalue weighted by atomic mass is 35.5. The highest BCUT2D eigenvalue weighted by Crippen LogP contribution is 2.43. The van der Waals surface area contributed by atoms with Gasteiger partial charge in [0.15, 0.2) is 11.5 Å². The van der Waals surface area contributed by atoms with Gasteiger partial charge in [-0.2, -0.15) is 0 Å². The number of hydrogen-bond donors (Lipinski definition) is 3. The zero-order valence-corrected chi connectivity index (χ0v) is 18.8. The third-order valence-corrected chi connectivity index (χ3v) is 5.90. The Hall–Kier alpha value is -3.30. The van der Waals surface area contributed by atoms with Gasteiger partial charge in [-0.25, -0.2) is 4.39 Å². The van der Waals surface area contributed by atoms with Crippen LogP contribution in [0.25, 0.3) is 22.5 Å². The molecule has 0 unspecified atom stereocenters. The minimum absolute atomic E-state index is 0.000215. The molecule has 1 aliphatic heterocycles. The number of likely N-dealkylation sites (N-methyl/N-ethyl adjacent to an activating group) is 1. The van der Waals surface area contributed by atoms with Gasteiger partial charge in [0.1, 0.15) is 18.2 Å². The molecule has 0 spiro atoms. The van der Waals surface area contributed by atoms with E-state index in [0.717, 1.165) is 37.9 Å². The molecule has 1 aromatic heterocycles. The van der Waals surface area contributed by atoms with Crippen molar-refractivity contribution < 1.29 is 23.9 Å². The van der Waals surface area contributed by atoms with E-state index < -0.39 is 12.6 Å². The van der Waals surface area contributed by atoms with Crippen LogP contribution in [0.3, 0.4) is 0 Å². The minimum atomic E-state index is -0.723. The maximum absolute atomic E-state index is 12.7. The fourth-order valence-electron chi connectivity index (χ4n) is 3.80. The van der Waals surface area contributed by atoms with E-state index in [9.17, 15) is 19.4 Å². The fourth-order valence-corrected chi connectivity index (χ4v) is 3.96. The Morgan fingerprint density at radius 2 is 1.94 bits per heavy atom. The first kappa shape index (κ1) is 22.9. The number of aromatic nitrogens is 1. The van der Waals surface area contributed by atoms with Crippen molar-refractivity contribution >= 4 is 23.2 Å². The molecule has 2 heterocycles. The van der Waals surface area contributed by atoms with Crippen LogP contribution in [0.4, 0.5) is 10.1 Å². The summed E-state index contributed by atoms with van der Waals surface area (Å²) in [7, 11) is 2.08. The largest absolute Gasteiger partial charge is 0.507 e. The number of amides is 1. The topological polar surface area (TPSA) is 102 Å². The number of nitrogens with zero attached hydrogens (tertiary/aromatic N) is 3. The van der Waals surface area contributed by atoms with E-state index in [2.05, 4.69) is 27.3 Å². The van der Waals surface area contributed by atoms with Crippen LogP contribution in [0.5, 0.6) is 11.5 Å². The molecule has 0 aliphatic carbocycles. The van der Waals surface area contributed by atoms with E-state index in [-0.39, 0.29) is 40.1 Å². The van der Waals surface area contributed by atoms with Crippen LogP contribution in [0.2, 0.25) is 5.02 Å². The molecule has 4 rings (SSSR count). The maximum atomic E-state index is 12.7. The van der Waals surface area contributed by atoms with Gasteiger partial charge in [0.05, 0.1) is 16.1 Å². The second-order valence-electron chi connectivity index (χ2n) is 7.84. The first-order valence-electron chi connectivity index (χ1n) is 10.5. The first-order valence-corrected chi connectivity index (χ1v) is 10.9. The van der Waals surface area contributed by atoms with Crippen LogP contribution in [0, 0.1) is 0 Å². The molecule has 0 bridgehead atoms. The molecular weight excluding hydrogens is 450 g/mol. The highest BCUT2D eigenvalue weighted by Gasteiger charge is 2.27. The standard InChI is InChI=1S/C23H24ClFN4O4/c1-28-7-9-29(10-8-28)15-4-2-3-14(11-15)20-21(23(32)26-6-5-25)27-33-22(20)16-12-17(24)19(31)13-18(16)30/h2-4,11-13,30-31H,5-10H2,1H3,(H,26,32)/i25-1. The Bertz CT molecular complexity index is 1160. The van der Waals surface area contributed by atoms with Crippen LogP contribution in [-0.2, 0) is 0 Å². The Kier molecular flexibility index (Phi) is 6.71. The number of hydrogen-bond acceptors (Lipinski definition) is 7. The predicted octanol–water partition coefficient (Wildman–Crippen LogP) is 3.52. The second kappa shape index (κ2) is 9.68. The molecule has 1 fully saturated rings. The van der Waals surface area contributed by atoms with Gasteiger partial charge in [-0.1, -0.05) is 28.9 Å². The van der Waals surface area contributed by atoms with Crippen molar-refractivity contribution in [2.75, 3.05) is 51.3 Å². The molecule has 2 aromatic carbocycles. The molecular formula is C23H24ClFN4O4. The van der Waals surface area contributed by atoms with Crippen molar-refractivity contribution in [3.63, 3.8) is 0 Å². The Morgan fingerprint density at radius 3 is 2.67 bits per heavy atom. The molecule has 1 saturated heterocycles. The highest BCUT2D eigenvalue weighted by molar-refractivity contribution is 6.32. The molecule has 0 radical (unpaired) electrons. The van der Waals surface area contributed by atoms with Crippen molar-refractivity contribution in [1.82, 2.24) is 15.4 Å². The summed E-state index contributed by atoms with van der Waals surface area (Å²) >= 11 is 6.06. The average molecular weight is 474 g/mol. The summed E-state index contributed by atoms with van der Waals surface area (Å²) in [6.07, 6.45) is 0. The smallest absolute Gasteiger partial charge is 0.274 e. The lowest BCUT2D eigenvalue weighted by molar-refractivity contribution is 0.0942. The Labute approximate surface area is 195 Å². The van der Waals surface area contributed by atoms with Gasteiger partial charge in [0.25, 0.3) is 5.91 Å². The van der Waals surface area contributed by atoms with E-state index in [0.29, 0.717) is 11.1 Å². The van der Waals surface area contributed by atoms with Crippen LogP contribution >= 0.6 is 11.6 Å². The van der Waals surface area contributed by atoms with Gasteiger partial charge >= 0.3 is 0 Å². The number of phenols is 2. The van der Waals surface area contributed by atoms with Gasteiger partial charge < -0.3 is 29.9 Å². The van der Waals surface area contributed by atoms with E-state index >= 15 is 0 Å². The fraction of sp³-hybridized carbons (Fsp3) is 0.304. The van der Waals surface area contributed by atoms with Gasteiger partial charge in [0, 0.05) is 44.5 Å². The number of phenolic OH excluding ortho intramolecular Hbond substituents is 2. The summed E-state index contributed by atoms with van der Waals surface area (Å²) in [5.41, 5.74) is 2.05. The molecule has 33 heavy (non-hydrogen) atoms. The minimum Gasteiger partial charge on any atom is -0.507 e. The molecule has 10 heteroatoms. The predicted molar refractivity (Wildman–Crippen MR) is 124 cm³/mol. The lowest BCUT2D eigenvalue weighted by Gasteiger charge is -2.34. The van der Waals surface area contributed by atoms with E-state index in [1.165, 1.54) is 6.07 Å². The molecule has 0 saturated carbocycles. The normalized spacial score (nSPS) is 14.5. The first-order chi connectivity index (χ1) is 15.9. The van der Waals surface area contributed by atoms with Crippen LogP contribution in [0.1, 0.15) is 10.5 Å². The average Bonchev–Trinajstić information content (AvgIpc) is 3.25. The van der Waals surface area contributed by atoms with E-state index in [1.807, 2.05) is 18.2 Å². The Morgan fingerprint density at radius 1 is 1.18 bits per heavy atom. The summed E-state index contributed by atoms with van der Waals surface area (Å²) in [6.45, 7) is 2.68. The quantitative estimate of drug-likeness (QED) is 0.503. The maximum Gasteiger partial charge on any atom is 0.274 e. The van der Waals surface area contributed by atoms with Crippen molar-refractivity contribution in [2.45, 2.75) is 0 Å². The zero-order chi connectivity index (χ0) is 23.5. The third kappa shape index (κ3) is 4.74. The van der Waals surface area contributed by atoms with Crippen LogP contribution in [0.15, 0.2) is 40.9 Å². The summed E-state index contributed by atoms with van der Waals surface area (Å²) < 4.78 is 18.1. The van der Waals surface area contributed by atoms with Crippen molar-refractivity contribution in [2.24, 2.45) is 0 Å². The molecule has 8 nitrogen and oxygen atoms in total. The van der Waals surface area contributed by atoms with Crippen LogP contribution < -0.4 is 10.2 Å². The molecule has 1 amide bonds. The van der Waals surface area contributed by atoms with Crippen molar-refractivity contribution in [1.29, 1.82) is 0 Å². The second-order valence-corrected chi connectivity index (χ2v) is 8.25. The summed E-state index contributed by atoms with van der Waals surface area (Å²) in [4.78, 5) is 17.2. The van der Waals surface area contributed by atoms with Gasteiger partial charge in [-0.15, -0.1) is 0 Å². The van der Waals surface area contributed by atoms with Crippen molar-refractivity contribution in [3.8, 4) is 33.9 Å². The number of alkyl halides is 1. The molecule has 1 aliphatic rings. The number of nitrogens with one attached hydrogen (secondary N) is 1. The number of halogens is 2. The molecule has 3 N–H and O–H groups in total. The lowest BCUT2D eigenvalue weighted by Crippen LogP contribution is -2.44. The number of benzene rings is 2. The number of anilines is 1. The van der Waals surface area contributed by atoms with E-state index in [1.54, 1.807) is 6.07 Å². The van der Waals surface area contributed by atoms with Crippen LogP contribution in [-0.4, -0.2) is 72.6 Å². The number of aromatic hydroxyl groups is 2. The molecule has 174 valence electrons. The number of piperazine rings is 1. The summed E-state index contributed by atoms with van der Waals surface area (Å²) in [5, 5.41) is 26.6. The monoisotopic (exact) mass is 473 g/mol. The van der Waals surface area contributed by atoms with E-state index in [4.69, 9.17) is 16.1 Å². The third-order valence-electron chi connectivity index (χ3n) is 5.60.